The minimum atomic E-state index is -1.18. The van der Waals surface area contributed by atoms with E-state index in [9.17, 15) is 4.79 Å². The van der Waals surface area contributed by atoms with E-state index in [4.69, 9.17) is 9.84 Å². The van der Waals surface area contributed by atoms with Crippen molar-refractivity contribution in [1.82, 2.24) is 9.97 Å². The number of aromatic nitrogens is 2. The van der Waals surface area contributed by atoms with Gasteiger partial charge in [0.1, 0.15) is 0 Å². The summed E-state index contributed by atoms with van der Waals surface area (Å²) < 4.78 is 5.30. The van der Waals surface area contributed by atoms with E-state index < -0.39 is 5.97 Å². The number of ether oxygens (including phenoxy) is 1. The first kappa shape index (κ1) is 8.92. The molecule has 0 saturated carbocycles. The molecule has 0 aliphatic heterocycles. The highest BCUT2D eigenvalue weighted by atomic mass is 79.9. The maximum Gasteiger partial charge on any atom is 0.374 e. The maximum absolute atomic E-state index is 10.4. The molecule has 0 aliphatic carbocycles. The number of methoxy groups -OCH3 is 1. The SMILES string of the molecule is COc1nc(C(=O)O)ncc1Br. The number of hydrogen-bond acceptors (Lipinski definition) is 4. The molecule has 64 valence electrons. The Hall–Kier alpha value is -1.17. The molecule has 1 heterocycles. The summed E-state index contributed by atoms with van der Waals surface area (Å²) in [6, 6.07) is 0. The van der Waals surface area contributed by atoms with Gasteiger partial charge < -0.3 is 9.84 Å². The predicted octanol–water partition coefficient (Wildman–Crippen LogP) is 0.946. The Morgan fingerprint density at radius 3 is 2.92 bits per heavy atom. The van der Waals surface area contributed by atoms with Gasteiger partial charge in [0.15, 0.2) is 0 Å². The van der Waals surface area contributed by atoms with Gasteiger partial charge in [-0.3, -0.25) is 0 Å². The van der Waals surface area contributed by atoms with E-state index in [-0.39, 0.29) is 11.7 Å². The topological polar surface area (TPSA) is 72.3 Å². The van der Waals surface area contributed by atoms with Gasteiger partial charge in [-0.05, 0) is 15.9 Å². The van der Waals surface area contributed by atoms with Crippen LogP contribution in [-0.2, 0) is 0 Å². The van der Waals surface area contributed by atoms with Crippen molar-refractivity contribution < 1.29 is 14.6 Å². The van der Waals surface area contributed by atoms with Crippen LogP contribution in [0, 0.1) is 0 Å². The number of halogens is 1. The Morgan fingerprint density at radius 1 is 1.75 bits per heavy atom. The molecule has 0 radical (unpaired) electrons. The molecule has 0 bridgehead atoms. The molecule has 0 atom stereocenters. The molecule has 1 rings (SSSR count). The van der Waals surface area contributed by atoms with Crippen LogP contribution in [0.1, 0.15) is 10.6 Å². The zero-order chi connectivity index (χ0) is 9.14. The van der Waals surface area contributed by atoms with E-state index in [1.54, 1.807) is 0 Å². The van der Waals surface area contributed by atoms with Gasteiger partial charge in [-0.2, -0.15) is 4.98 Å². The summed E-state index contributed by atoms with van der Waals surface area (Å²) in [6.45, 7) is 0. The normalized spacial score (nSPS) is 9.50. The van der Waals surface area contributed by atoms with Crippen LogP contribution in [0.5, 0.6) is 5.88 Å². The third-order valence-electron chi connectivity index (χ3n) is 1.10. The highest BCUT2D eigenvalue weighted by Gasteiger charge is 2.10. The summed E-state index contributed by atoms with van der Waals surface area (Å²) in [5, 5.41) is 8.50. The van der Waals surface area contributed by atoms with Gasteiger partial charge in [-0.1, -0.05) is 0 Å². The fourth-order valence-electron chi connectivity index (χ4n) is 0.598. The fourth-order valence-corrected chi connectivity index (χ4v) is 0.951. The van der Waals surface area contributed by atoms with Gasteiger partial charge >= 0.3 is 5.97 Å². The summed E-state index contributed by atoms with van der Waals surface area (Å²) >= 11 is 3.10. The van der Waals surface area contributed by atoms with Gasteiger partial charge in [0.25, 0.3) is 0 Å². The van der Waals surface area contributed by atoms with Gasteiger partial charge in [0, 0.05) is 6.20 Å². The lowest BCUT2D eigenvalue weighted by Gasteiger charge is -2.00. The first-order valence-electron chi connectivity index (χ1n) is 2.95. The van der Waals surface area contributed by atoms with Crippen molar-refractivity contribution in [2.24, 2.45) is 0 Å². The van der Waals surface area contributed by atoms with Crippen LogP contribution in [0.2, 0.25) is 0 Å². The largest absolute Gasteiger partial charge is 0.480 e. The zero-order valence-electron chi connectivity index (χ0n) is 6.11. The molecule has 6 heteroatoms. The lowest BCUT2D eigenvalue weighted by atomic mass is 10.5. The third-order valence-corrected chi connectivity index (χ3v) is 1.64. The van der Waals surface area contributed by atoms with Crippen LogP contribution in [0.3, 0.4) is 0 Å². The molecule has 5 nitrogen and oxygen atoms in total. The number of aromatic carboxylic acids is 1. The van der Waals surface area contributed by atoms with E-state index in [1.807, 2.05) is 0 Å². The number of carbonyl (C=O) groups is 1. The number of carboxylic acids is 1. The Bertz CT molecular complexity index is 316. The highest BCUT2D eigenvalue weighted by molar-refractivity contribution is 9.10. The van der Waals surface area contributed by atoms with Crippen molar-refractivity contribution in [3.63, 3.8) is 0 Å². The molecular weight excluding hydrogens is 228 g/mol. The summed E-state index contributed by atoms with van der Waals surface area (Å²) in [7, 11) is 1.40. The Balaban J connectivity index is 3.13. The van der Waals surface area contributed by atoms with Crippen molar-refractivity contribution >= 4 is 21.9 Å². The highest BCUT2D eigenvalue weighted by Crippen LogP contribution is 2.19. The molecule has 0 unspecified atom stereocenters. The van der Waals surface area contributed by atoms with Crippen LogP contribution in [0.25, 0.3) is 0 Å². The summed E-state index contributed by atoms with van der Waals surface area (Å²) in [5.74, 6) is -1.25. The molecule has 0 fully saturated rings. The van der Waals surface area contributed by atoms with E-state index >= 15 is 0 Å². The Kier molecular flexibility index (Phi) is 2.59. The summed E-state index contributed by atoms with van der Waals surface area (Å²) in [4.78, 5) is 17.5. The van der Waals surface area contributed by atoms with Crippen molar-refractivity contribution in [1.29, 1.82) is 0 Å². The molecule has 0 amide bonds. The average Bonchev–Trinajstić information content (AvgIpc) is 2.05. The van der Waals surface area contributed by atoms with Gasteiger partial charge in [0.05, 0.1) is 11.6 Å². The number of nitrogens with zero attached hydrogens (tertiary/aromatic N) is 2. The van der Waals surface area contributed by atoms with Crippen LogP contribution < -0.4 is 4.74 Å². The van der Waals surface area contributed by atoms with Crippen molar-refractivity contribution in [3.8, 4) is 5.88 Å². The lowest BCUT2D eigenvalue weighted by Crippen LogP contribution is -2.05. The van der Waals surface area contributed by atoms with E-state index in [2.05, 4.69) is 25.9 Å². The Labute approximate surface area is 76.5 Å². The van der Waals surface area contributed by atoms with E-state index in [1.165, 1.54) is 13.3 Å². The second-order valence-corrected chi connectivity index (χ2v) is 2.71. The van der Waals surface area contributed by atoms with Crippen molar-refractivity contribution in [2.45, 2.75) is 0 Å². The van der Waals surface area contributed by atoms with Crippen LogP contribution >= 0.6 is 15.9 Å². The van der Waals surface area contributed by atoms with Gasteiger partial charge in [-0.15, -0.1) is 0 Å². The Morgan fingerprint density at radius 2 is 2.42 bits per heavy atom. The number of hydrogen-bond donors (Lipinski definition) is 1. The molecule has 1 aromatic rings. The first-order valence-corrected chi connectivity index (χ1v) is 3.74. The van der Waals surface area contributed by atoms with Crippen LogP contribution in [-0.4, -0.2) is 28.2 Å². The van der Waals surface area contributed by atoms with Gasteiger partial charge in [-0.25, -0.2) is 9.78 Å². The monoisotopic (exact) mass is 232 g/mol. The summed E-state index contributed by atoms with van der Waals surface area (Å²) in [5.41, 5.74) is 0. The predicted molar refractivity (Wildman–Crippen MR) is 43.2 cm³/mol. The smallest absolute Gasteiger partial charge is 0.374 e. The number of carboxylic acid groups (broad SMARTS) is 1. The lowest BCUT2D eigenvalue weighted by molar-refractivity contribution is 0.0682. The first-order chi connectivity index (χ1) is 5.65. The molecule has 1 aromatic heterocycles. The molecule has 0 spiro atoms. The molecular formula is C6H5BrN2O3. The summed E-state index contributed by atoms with van der Waals surface area (Å²) in [6.07, 6.45) is 1.33. The molecule has 0 aliphatic rings. The molecule has 12 heavy (non-hydrogen) atoms. The van der Waals surface area contributed by atoms with Gasteiger partial charge in [0.2, 0.25) is 11.7 Å². The van der Waals surface area contributed by atoms with Crippen molar-refractivity contribution in [2.75, 3.05) is 7.11 Å². The minimum Gasteiger partial charge on any atom is -0.480 e. The van der Waals surface area contributed by atoms with Crippen LogP contribution in [0.4, 0.5) is 0 Å². The maximum atomic E-state index is 10.4. The standard InChI is InChI=1S/C6H5BrN2O3/c1-12-5-3(7)2-8-4(9-5)6(10)11/h2H,1H3,(H,10,11). The quantitative estimate of drug-likeness (QED) is 0.822. The second kappa shape index (κ2) is 3.48. The van der Waals surface area contributed by atoms with Crippen molar-refractivity contribution in [3.05, 3.63) is 16.5 Å². The fraction of sp³-hybridized carbons (Fsp3) is 0.167. The average molecular weight is 233 g/mol. The molecule has 0 saturated heterocycles. The zero-order valence-corrected chi connectivity index (χ0v) is 7.70. The second-order valence-electron chi connectivity index (χ2n) is 1.86. The molecule has 0 aromatic carbocycles. The van der Waals surface area contributed by atoms with E-state index in [0.717, 1.165) is 0 Å². The number of rotatable bonds is 2. The van der Waals surface area contributed by atoms with E-state index in [0.29, 0.717) is 4.47 Å². The molecule has 1 N–H and O–H groups in total. The third kappa shape index (κ3) is 1.70. The van der Waals surface area contributed by atoms with Crippen LogP contribution in [0.15, 0.2) is 10.7 Å². The minimum absolute atomic E-state index is 0.211.